The van der Waals surface area contributed by atoms with Crippen molar-refractivity contribution in [3.05, 3.63) is 109 Å². The minimum Gasteiger partial charge on any atom is -0.675 e. The van der Waals surface area contributed by atoms with Crippen molar-refractivity contribution in [3.8, 4) is 0 Å². The van der Waals surface area contributed by atoms with Crippen LogP contribution >= 0.6 is 0 Å². The first-order valence-corrected chi connectivity index (χ1v) is 15.4. The molecule has 5 rings (SSSR count). The van der Waals surface area contributed by atoms with Crippen molar-refractivity contribution in [1.29, 1.82) is 0 Å². The van der Waals surface area contributed by atoms with Crippen molar-refractivity contribution in [2.75, 3.05) is 0 Å². The zero-order valence-corrected chi connectivity index (χ0v) is 30.2. The van der Waals surface area contributed by atoms with Gasteiger partial charge in [0, 0.05) is 0 Å². The van der Waals surface area contributed by atoms with Crippen LogP contribution in [0.1, 0.15) is 75.3 Å². The van der Waals surface area contributed by atoms with Gasteiger partial charge in [-0.3, -0.25) is 0 Å². The SMILES string of the molecule is Cn1ccn(Cc2ccc(Cn3ccn(C)[c]3=[Pt])cc2)[c]1=[Pt].[CH3-].[CH3-].[CH3-].[CH3-].[NH-]C1CCCCC1.[NH-]C1CCCCC1. The fraction of sp³-hybridized carbons (Fsp3) is 0.500. The van der Waals surface area contributed by atoms with Crippen molar-refractivity contribution in [3.63, 3.8) is 0 Å². The van der Waals surface area contributed by atoms with Crippen LogP contribution in [0.5, 0.6) is 0 Å². The molecule has 2 heterocycles. The van der Waals surface area contributed by atoms with E-state index in [9.17, 15) is 0 Å². The Labute approximate surface area is 268 Å². The van der Waals surface area contributed by atoms with E-state index in [0.717, 1.165) is 38.8 Å². The van der Waals surface area contributed by atoms with Crippen molar-refractivity contribution in [1.82, 2.24) is 18.3 Å². The fourth-order valence-corrected chi connectivity index (χ4v) is 5.61. The van der Waals surface area contributed by atoms with Gasteiger partial charge in [-0.2, -0.15) is 0 Å². The molecule has 40 heavy (non-hydrogen) atoms. The van der Waals surface area contributed by atoms with Gasteiger partial charge in [-0.25, -0.2) is 0 Å². The third-order valence-electron chi connectivity index (χ3n) is 6.86. The summed E-state index contributed by atoms with van der Waals surface area (Å²) in [6.07, 6.45) is 21.0. The molecule has 0 saturated heterocycles. The molecule has 2 fully saturated rings. The van der Waals surface area contributed by atoms with Crippen LogP contribution in [-0.4, -0.2) is 30.4 Å². The van der Waals surface area contributed by atoms with Crippen molar-refractivity contribution < 1.29 is 38.7 Å². The summed E-state index contributed by atoms with van der Waals surface area (Å²) in [7, 11) is 4.14. The molecule has 1 aromatic carbocycles. The Hall–Kier alpha value is -1.06. The maximum Gasteiger partial charge on any atom is -0.0534 e. The predicted octanol–water partition coefficient (Wildman–Crippen LogP) is 8.76. The van der Waals surface area contributed by atoms with Crippen molar-refractivity contribution in [2.24, 2.45) is 14.1 Å². The molecule has 0 aliphatic heterocycles. The molecular formula is C32H54N6Pt2-6. The first kappa shape index (κ1) is 41.1. The summed E-state index contributed by atoms with van der Waals surface area (Å²) < 4.78 is 11.2. The zero-order valence-electron chi connectivity index (χ0n) is 25.7. The van der Waals surface area contributed by atoms with E-state index in [-0.39, 0.29) is 41.8 Å². The van der Waals surface area contributed by atoms with Gasteiger partial charge in [0.05, 0.1) is 0 Å². The Morgan fingerprint density at radius 1 is 0.575 bits per heavy atom. The van der Waals surface area contributed by atoms with Crippen LogP contribution in [0.15, 0.2) is 49.1 Å². The summed E-state index contributed by atoms with van der Waals surface area (Å²) >= 11 is 4.71. The molecule has 2 aliphatic carbocycles. The molecule has 3 aromatic rings. The van der Waals surface area contributed by atoms with E-state index in [1.54, 1.807) is 0 Å². The van der Waals surface area contributed by atoms with Gasteiger partial charge in [-0.1, -0.05) is 64.2 Å². The molecule has 0 spiro atoms. The van der Waals surface area contributed by atoms with E-state index in [0.29, 0.717) is 0 Å². The first-order valence-electron chi connectivity index (χ1n) is 13.2. The standard InChI is InChI=1S/C16H18N4.2C6H12N.4CH3.2Pt/c1-17-7-9-19(13-17)11-15-3-5-16(6-4-15)12-20-10-8-18(2)14-20;2*7-6-4-2-1-3-5-6;;;;;;/h3-10H,11-12H2,1-2H3;2*6-7H,1-5H2;4*1H3;;/q;6*-1;;. The molecule has 0 radical (unpaired) electrons. The zero-order chi connectivity index (χ0) is 25.9. The van der Waals surface area contributed by atoms with Crippen LogP contribution in [0.2, 0.25) is 0 Å². The smallest absolute Gasteiger partial charge is 0.0534 e. The number of hydrogen-bond donors (Lipinski definition) is 0. The maximum atomic E-state index is 7.27. The van der Waals surface area contributed by atoms with Gasteiger partial charge in [0.1, 0.15) is 0 Å². The minimum atomic E-state index is 0. The summed E-state index contributed by atoms with van der Waals surface area (Å²) in [5.74, 6) is 0. The summed E-state index contributed by atoms with van der Waals surface area (Å²) in [6, 6.07) is 9.47. The second kappa shape index (κ2) is 21.6. The molecule has 0 unspecified atom stereocenters. The van der Waals surface area contributed by atoms with Gasteiger partial charge in [0.15, 0.2) is 0 Å². The van der Waals surface area contributed by atoms with Gasteiger partial charge in [0.25, 0.3) is 0 Å². The van der Waals surface area contributed by atoms with E-state index in [1.807, 2.05) is 0 Å². The quantitative estimate of drug-likeness (QED) is 0.235. The molecule has 2 aromatic heterocycles. The summed E-state index contributed by atoms with van der Waals surface area (Å²) in [5.41, 5.74) is 17.2. The average molecular weight is 913 g/mol. The second-order valence-corrected chi connectivity index (χ2v) is 12.1. The Bertz CT molecular complexity index is 1050. The fourth-order valence-electron chi connectivity index (χ4n) is 4.57. The number of benzene rings is 1. The monoisotopic (exact) mass is 912 g/mol. The normalized spacial score (nSPS) is 15.0. The van der Waals surface area contributed by atoms with E-state index in [4.69, 9.17) is 11.5 Å². The number of aryl methyl sites for hydroxylation is 2. The third kappa shape index (κ3) is 13.7. The van der Waals surface area contributed by atoms with E-state index < -0.39 is 0 Å². The third-order valence-corrected chi connectivity index (χ3v) is 9.76. The molecule has 0 bridgehead atoms. The summed E-state index contributed by atoms with van der Waals surface area (Å²) in [4.78, 5) is 0. The topological polar surface area (TPSA) is 67.3 Å². The number of nitrogens with one attached hydrogen (secondary N) is 2. The molecule has 8 heteroatoms. The Morgan fingerprint density at radius 2 is 0.875 bits per heavy atom. The Morgan fingerprint density at radius 3 is 1.07 bits per heavy atom. The van der Waals surface area contributed by atoms with Crippen LogP contribution in [0.3, 0.4) is 0 Å². The molecular weight excluding hydrogens is 859 g/mol. The molecule has 2 saturated carbocycles. The first-order chi connectivity index (χ1) is 17.3. The Kier molecular flexibility index (Phi) is 22.2. The predicted molar refractivity (Wildman–Crippen MR) is 166 cm³/mol. The molecule has 2 N–H and O–H groups in total. The van der Waals surface area contributed by atoms with Crippen molar-refractivity contribution >= 4 is 0 Å². The molecule has 0 atom stereocenters. The summed E-state index contributed by atoms with van der Waals surface area (Å²) in [6.45, 7) is 1.83. The van der Waals surface area contributed by atoms with Gasteiger partial charge < -0.3 is 41.2 Å². The second-order valence-electron chi connectivity index (χ2n) is 10.0. The minimum absolute atomic E-state index is 0. The van der Waals surface area contributed by atoms with Crippen LogP contribution < -0.4 is 0 Å². The molecule has 2 aliphatic rings. The summed E-state index contributed by atoms with van der Waals surface area (Å²) in [5, 5.41) is 0. The van der Waals surface area contributed by atoms with E-state index >= 15 is 0 Å². The van der Waals surface area contributed by atoms with Crippen LogP contribution in [-0.2, 0) is 65.9 Å². The molecule has 238 valence electrons. The van der Waals surface area contributed by atoms with E-state index in [1.165, 1.54) is 57.3 Å². The van der Waals surface area contributed by atoms with Gasteiger partial charge in [0.2, 0.25) is 0 Å². The van der Waals surface area contributed by atoms with Crippen LogP contribution in [0.25, 0.3) is 11.5 Å². The van der Waals surface area contributed by atoms with Crippen LogP contribution in [0, 0.1) is 37.3 Å². The van der Waals surface area contributed by atoms with Gasteiger partial charge in [-0.15, -0.1) is 12.1 Å². The Balaban J connectivity index is 0. The number of hydrogen-bond acceptors (Lipinski definition) is 0. The molecule has 0 amide bonds. The number of nitrogens with zero attached hydrogens (tertiary/aromatic N) is 4. The van der Waals surface area contributed by atoms with Crippen molar-refractivity contribution in [2.45, 2.75) is 89.4 Å². The average Bonchev–Trinajstić information content (AvgIpc) is 3.37. The molecule has 6 nitrogen and oxygen atoms in total. The number of rotatable bonds is 4. The largest absolute Gasteiger partial charge is 0.675 e. The maximum absolute atomic E-state index is 7.27. The van der Waals surface area contributed by atoms with Gasteiger partial charge in [-0.05, 0) is 0 Å². The van der Waals surface area contributed by atoms with Gasteiger partial charge >= 0.3 is 152 Å². The number of imidazole rings is 2. The van der Waals surface area contributed by atoms with E-state index in [2.05, 4.69) is 120 Å². The number of aromatic nitrogens is 4. The van der Waals surface area contributed by atoms with Crippen LogP contribution in [0.4, 0.5) is 0 Å².